The van der Waals surface area contributed by atoms with Gasteiger partial charge in [-0.1, -0.05) is 0 Å². The second kappa shape index (κ2) is 9.20. The SMILES string of the molecule is CC(=O)N[C@@H](Cc1cc(F)cc(F)c1)[C@H](O)CNC1(C(=O)O)CCOCC1. The van der Waals surface area contributed by atoms with Crippen molar-refractivity contribution in [2.75, 3.05) is 19.8 Å². The van der Waals surface area contributed by atoms with E-state index in [4.69, 9.17) is 4.74 Å². The number of carboxylic acids is 1. The second-order valence-electron chi connectivity index (χ2n) is 6.74. The largest absolute Gasteiger partial charge is 0.480 e. The third kappa shape index (κ3) is 5.95. The molecule has 0 saturated carbocycles. The third-order valence-corrected chi connectivity index (χ3v) is 4.64. The number of aliphatic hydroxyl groups is 1. The summed E-state index contributed by atoms with van der Waals surface area (Å²) in [4.78, 5) is 23.1. The quantitative estimate of drug-likeness (QED) is 0.521. The van der Waals surface area contributed by atoms with Crippen LogP contribution in [0.25, 0.3) is 0 Å². The zero-order valence-corrected chi connectivity index (χ0v) is 15.0. The van der Waals surface area contributed by atoms with Crippen LogP contribution < -0.4 is 10.6 Å². The van der Waals surface area contributed by atoms with Gasteiger partial charge in [0, 0.05) is 32.7 Å². The van der Waals surface area contributed by atoms with Gasteiger partial charge in [0.25, 0.3) is 0 Å². The first-order chi connectivity index (χ1) is 12.7. The van der Waals surface area contributed by atoms with E-state index in [1.54, 1.807) is 0 Å². The summed E-state index contributed by atoms with van der Waals surface area (Å²) in [5.41, 5.74) is -0.949. The maximum atomic E-state index is 13.4. The number of halogens is 2. The Labute approximate surface area is 155 Å². The first kappa shape index (κ1) is 21.2. The molecular formula is C18H24F2N2O5. The fraction of sp³-hybridized carbons (Fsp3) is 0.556. The van der Waals surface area contributed by atoms with E-state index in [0.717, 1.165) is 18.2 Å². The minimum Gasteiger partial charge on any atom is -0.480 e. The molecular weight excluding hydrogens is 362 g/mol. The van der Waals surface area contributed by atoms with Gasteiger partial charge in [0.1, 0.15) is 17.2 Å². The molecule has 0 bridgehead atoms. The number of amides is 1. The van der Waals surface area contributed by atoms with Crippen molar-refractivity contribution in [2.24, 2.45) is 0 Å². The molecule has 7 nitrogen and oxygen atoms in total. The van der Waals surface area contributed by atoms with Gasteiger partial charge in [-0.25, -0.2) is 8.78 Å². The molecule has 1 aromatic carbocycles. The smallest absolute Gasteiger partial charge is 0.324 e. The van der Waals surface area contributed by atoms with Gasteiger partial charge in [0.05, 0.1) is 12.1 Å². The summed E-state index contributed by atoms with van der Waals surface area (Å²) in [5.74, 6) is -2.98. The summed E-state index contributed by atoms with van der Waals surface area (Å²) in [5, 5.41) is 25.4. The number of hydrogen-bond donors (Lipinski definition) is 4. The van der Waals surface area contributed by atoms with Gasteiger partial charge in [-0.3, -0.25) is 14.9 Å². The molecule has 1 saturated heterocycles. The van der Waals surface area contributed by atoms with E-state index in [2.05, 4.69) is 10.6 Å². The summed E-state index contributed by atoms with van der Waals surface area (Å²) in [6.45, 7) is 1.71. The Morgan fingerprint density at radius 2 is 1.81 bits per heavy atom. The third-order valence-electron chi connectivity index (χ3n) is 4.64. The number of carbonyl (C=O) groups excluding carboxylic acids is 1. The Morgan fingerprint density at radius 3 is 2.33 bits per heavy atom. The molecule has 1 heterocycles. The topological polar surface area (TPSA) is 108 Å². The van der Waals surface area contributed by atoms with Gasteiger partial charge < -0.3 is 20.3 Å². The standard InChI is InChI=1S/C18H24F2N2O5/c1-11(23)22-15(8-12-6-13(19)9-14(20)7-12)16(24)10-21-18(17(25)26)2-4-27-5-3-18/h6-7,9,15-16,21,24H,2-5,8,10H2,1H3,(H,22,23)(H,25,26)/t15-,16+/m0/s1. The van der Waals surface area contributed by atoms with Crippen LogP contribution in [-0.4, -0.2) is 59.5 Å². The average Bonchev–Trinajstić information content (AvgIpc) is 2.58. The van der Waals surface area contributed by atoms with Crippen LogP contribution in [0, 0.1) is 11.6 Å². The summed E-state index contributed by atoms with van der Waals surface area (Å²) in [6, 6.07) is 2.13. The van der Waals surface area contributed by atoms with Crippen molar-refractivity contribution in [2.45, 2.75) is 43.9 Å². The zero-order valence-electron chi connectivity index (χ0n) is 15.0. The van der Waals surface area contributed by atoms with Crippen molar-refractivity contribution in [1.29, 1.82) is 0 Å². The normalized spacial score (nSPS) is 18.5. The summed E-state index contributed by atoms with van der Waals surface area (Å²) in [6.07, 6.45) is -0.691. The number of carboxylic acid groups (broad SMARTS) is 1. The van der Waals surface area contributed by atoms with Crippen LogP contribution in [0.2, 0.25) is 0 Å². The number of rotatable bonds is 8. The second-order valence-corrected chi connectivity index (χ2v) is 6.74. The van der Waals surface area contributed by atoms with Gasteiger partial charge in [0.15, 0.2) is 0 Å². The molecule has 1 aromatic rings. The molecule has 2 atom stereocenters. The lowest BCUT2D eigenvalue weighted by atomic mass is 9.89. The van der Waals surface area contributed by atoms with Gasteiger partial charge >= 0.3 is 5.97 Å². The lowest BCUT2D eigenvalue weighted by Crippen LogP contribution is -2.59. The molecule has 0 aliphatic carbocycles. The van der Waals surface area contributed by atoms with E-state index in [-0.39, 0.29) is 44.6 Å². The first-order valence-electron chi connectivity index (χ1n) is 8.68. The molecule has 150 valence electrons. The molecule has 1 aliphatic rings. The lowest BCUT2D eigenvalue weighted by molar-refractivity contribution is -0.149. The van der Waals surface area contributed by atoms with Crippen molar-refractivity contribution >= 4 is 11.9 Å². The van der Waals surface area contributed by atoms with E-state index in [9.17, 15) is 28.6 Å². The molecule has 0 radical (unpaired) electrons. The van der Waals surface area contributed by atoms with Crippen molar-refractivity contribution < 1.29 is 33.3 Å². The van der Waals surface area contributed by atoms with E-state index in [1.807, 2.05) is 0 Å². The maximum Gasteiger partial charge on any atom is 0.324 e. The van der Waals surface area contributed by atoms with Gasteiger partial charge in [-0.05, 0) is 37.0 Å². The zero-order chi connectivity index (χ0) is 20.0. The van der Waals surface area contributed by atoms with Crippen LogP contribution in [0.1, 0.15) is 25.3 Å². The molecule has 2 rings (SSSR count). The van der Waals surface area contributed by atoms with E-state index < -0.39 is 41.2 Å². The Bertz CT molecular complexity index is 659. The highest BCUT2D eigenvalue weighted by Crippen LogP contribution is 2.21. The van der Waals surface area contributed by atoms with Crippen molar-refractivity contribution in [3.05, 3.63) is 35.4 Å². The molecule has 1 amide bonds. The van der Waals surface area contributed by atoms with Crippen molar-refractivity contribution in [3.63, 3.8) is 0 Å². The molecule has 1 fully saturated rings. The number of ether oxygens (including phenoxy) is 1. The predicted molar refractivity (Wildman–Crippen MR) is 92.1 cm³/mol. The summed E-state index contributed by atoms with van der Waals surface area (Å²) < 4.78 is 32.0. The van der Waals surface area contributed by atoms with E-state index in [0.29, 0.717) is 0 Å². The van der Waals surface area contributed by atoms with E-state index in [1.165, 1.54) is 6.92 Å². The molecule has 0 unspecified atom stereocenters. The Hall–Kier alpha value is -2.10. The van der Waals surface area contributed by atoms with Gasteiger partial charge in [0.2, 0.25) is 5.91 Å². The van der Waals surface area contributed by atoms with Crippen molar-refractivity contribution in [1.82, 2.24) is 10.6 Å². The fourth-order valence-corrected chi connectivity index (χ4v) is 3.16. The Morgan fingerprint density at radius 1 is 1.22 bits per heavy atom. The number of aliphatic hydroxyl groups excluding tert-OH is 1. The van der Waals surface area contributed by atoms with Crippen LogP contribution in [0.3, 0.4) is 0 Å². The summed E-state index contributed by atoms with van der Waals surface area (Å²) in [7, 11) is 0. The number of aliphatic carboxylic acids is 1. The maximum absolute atomic E-state index is 13.4. The number of nitrogens with one attached hydrogen (secondary N) is 2. The highest BCUT2D eigenvalue weighted by molar-refractivity contribution is 5.79. The van der Waals surface area contributed by atoms with E-state index >= 15 is 0 Å². The lowest BCUT2D eigenvalue weighted by Gasteiger charge is -2.35. The highest BCUT2D eigenvalue weighted by atomic mass is 19.1. The van der Waals surface area contributed by atoms with Crippen molar-refractivity contribution in [3.8, 4) is 0 Å². The van der Waals surface area contributed by atoms with Gasteiger partial charge in [-0.15, -0.1) is 0 Å². The Balaban J connectivity index is 2.08. The highest BCUT2D eigenvalue weighted by Gasteiger charge is 2.40. The number of hydrogen-bond acceptors (Lipinski definition) is 5. The number of β-amino-alcohol motifs (C(OH)–C–C–N with tert-alkyl or cyclic N) is 1. The minimum atomic E-state index is -1.22. The fourth-order valence-electron chi connectivity index (χ4n) is 3.16. The molecule has 0 aromatic heterocycles. The molecule has 9 heteroatoms. The molecule has 0 spiro atoms. The monoisotopic (exact) mass is 386 g/mol. The predicted octanol–water partition coefficient (Wildman–Crippen LogP) is 0.596. The average molecular weight is 386 g/mol. The molecule has 27 heavy (non-hydrogen) atoms. The van der Waals surface area contributed by atoms with Crippen LogP contribution in [0.5, 0.6) is 0 Å². The summed E-state index contributed by atoms with van der Waals surface area (Å²) >= 11 is 0. The Kier molecular flexibility index (Phi) is 7.23. The first-order valence-corrected chi connectivity index (χ1v) is 8.68. The molecule has 4 N–H and O–H groups in total. The number of carbonyl (C=O) groups is 2. The van der Waals surface area contributed by atoms with Crippen LogP contribution >= 0.6 is 0 Å². The van der Waals surface area contributed by atoms with Gasteiger partial charge in [-0.2, -0.15) is 0 Å². The minimum absolute atomic E-state index is 0.0136. The van der Waals surface area contributed by atoms with Crippen LogP contribution in [0.15, 0.2) is 18.2 Å². The number of benzene rings is 1. The van der Waals surface area contributed by atoms with Crippen LogP contribution in [0.4, 0.5) is 8.78 Å². The van der Waals surface area contributed by atoms with Crippen LogP contribution in [-0.2, 0) is 20.7 Å². The molecule has 1 aliphatic heterocycles.